The first kappa shape index (κ1) is 9.37. The van der Waals surface area contributed by atoms with Crippen LogP contribution in [-0.2, 0) is 0 Å². The number of nitrogens with two attached hydrogens (primary N) is 1. The molecule has 2 heteroatoms. The molecule has 0 aromatic heterocycles. The van der Waals surface area contributed by atoms with Gasteiger partial charge in [0.15, 0.2) is 0 Å². The van der Waals surface area contributed by atoms with Gasteiger partial charge >= 0.3 is 0 Å². The van der Waals surface area contributed by atoms with Crippen molar-refractivity contribution in [3.8, 4) is 0 Å². The Kier molecular flexibility index (Phi) is 2.26. The highest BCUT2D eigenvalue weighted by atomic mass is 15.2. The lowest BCUT2D eigenvalue weighted by atomic mass is 10.1. The Labute approximate surface area is 91.1 Å². The van der Waals surface area contributed by atoms with Crippen LogP contribution in [0.2, 0.25) is 0 Å². The van der Waals surface area contributed by atoms with Crippen LogP contribution in [0, 0.1) is 0 Å². The van der Waals surface area contributed by atoms with Gasteiger partial charge in [0.05, 0.1) is 0 Å². The Morgan fingerprint density at radius 1 is 1.07 bits per heavy atom. The van der Waals surface area contributed by atoms with Crippen molar-refractivity contribution in [2.24, 2.45) is 5.73 Å². The number of rotatable bonds is 1. The smallest absolute Gasteiger partial charge is 0.0369 e. The maximum absolute atomic E-state index is 6.18. The standard InChI is InChI=1S/C13H18N2/c14-12-9-13(15-7-3-4-8-15)11-6-2-1-5-10(11)12/h1-2,5-6,12-13H,3-4,7-9,14H2. The Hall–Kier alpha value is -0.860. The van der Waals surface area contributed by atoms with Crippen molar-refractivity contribution in [2.75, 3.05) is 13.1 Å². The van der Waals surface area contributed by atoms with Crippen LogP contribution in [0.3, 0.4) is 0 Å². The summed E-state index contributed by atoms with van der Waals surface area (Å²) in [6, 6.07) is 9.54. The minimum Gasteiger partial charge on any atom is -0.324 e. The maximum Gasteiger partial charge on any atom is 0.0369 e. The van der Waals surface area contributed by atoms with E-state index in [0.29, 0.717) is 6.04 Å². The summed E-state index contributed by atoms with van der Waals surface area (Å²) in [6.45, 7) is 2.51. The van der Waals surface area contributed by atoms with Crippen molar-refractivity contribution in [2.45, 2.75) is 31.3 Å². The predicted molar refractivity (Wildman–Crippen MR) is 61.5 cm³/mol. The highest BCUT2D eigenvalue weighted by Crippen LogP contribution is 2.41. The average molecular weight is 202 g/mol. The van der Waals surface area contributed by atoms with Gasteiger partial charge in [-0.1, -0.05) is 24.3 Å². The van der Waals surface area contributed by atoms with Crippen LogP contribution in [0.15, 0.2) is 24.3 Å². The molecule has 0 amide bonds. The number of nitrogens with zero attached hydrogens (tertiary/aromatic N) is 1. The van der Waals surface area contributed by atoms with E-state index < -0.39 is 0 Å². The minimum atomic E-state index is 0.256. The van der Waals surface area contributed by atoms with E-state index in [1.54, 1.807) is 0 Å². The van der Waals surface area contributed by atoms with Crippen molar-refractivity contribution in [3.63, 3.8) is 0 Å². The van der Waals surface area contributed by atoms with Crippen molar-refractivity contribution in [3.05, 3.63) is 35.4 Å². The molecule has 80 valence electrons. The molecule has 0 saturated carbocycles. The lowest BCUT2D eigenvalue weighted by Gasteiger charge is -2.24. The minimum absolute atomic E-state index is 0.256. The van der Waals surface area contributed by atoms with Gasteiger partial charge in [-0.05, 0) is 43.5 Å². The molecule has 1 aromatic rings. The molecule has 2 unspecified atom stereocenters. The topological polar surface area (TPSA) is 29.3 Å². The van der Waals surface area contributed by atoms with Crippen LogP contribution in [0.4, 0.5) is 0 Å². The Balaban J connectivity index is 1.93. The SMILES string of the molecule is NC1CC(N2CCCC2)c2ccccc21. The number of benzene rings is 1. The first-order valence-corrected chi connectivity index (χ1v) is 5.95. The summed E-state index contributed by atoms with van der Waals surface area (Å²) >= 11 is 0. The summed E-state index contributed by atoms with van der Waals surface area (Å²) in [5.41, 5.74) is 9.03. The molecule has 2 aliphatic rings. The zero-order valence-electron chi connectivity index (χ0n) is 9.02. The van der Waals surface area contributed by atoms with Crippen molar-refractivity contribution in [1.29, 1.82) is 0 Å². The van der Waals surface area contributed by atoms with Crippen LogP contribution < -0.4 is 5.73 Å². The molecular weight excluding hydrogens is 184 g/mol. The van der Waals surface area contributed by atoms with Crippen molar-refractivity contribution in [1.82, 2.24) is 4.90 Å². The monoisotopic (exact) mass is 202 g/mol. The summed E-state index contributed by atoms with van der Waals surface area (Å²) < 4.78 is 0. The highest BCUT2D eigenvalue weighted by Gasteiger charge is 2.33. The van der Waals surface area contributed by atoms with E-state index in [-0.39, 0.29) is 6.04 Å². The largest absolute Gasteiger partial charge is 0.324 e. The Morgan fingerprint density at radius 2 is 1.73 bits per heavy atom. The molecule has 0 bridgehead atoms. The van der Waals surface area contributed by atoms with Crippen LogP contribution in [0.25, 0.3) is 0 Å². The van der Waals surface area contributed by atoms with Gasteiger partial charge in [0, 0.05) is 12.1 Å². The van der Waals surface area contributed by atoms with Gasteiger partial charge in [-0.3, -0.25) is 4.90 Å². The van der Waals surface area contributed by atoms with Gasteiger partial charge in [0.2, 0.25) is 0 Å². The molecule has 1 aliphatic heterocycles. The molecule has 0 spiro atoms. The first-order chi connectivity index (χ1) is 7.36. The fourth-order valence-electron chi connectivity index (χ4n) is 3.05. The number of hydrogen-bond donors (Lipinski definition) is 1. The second kappa shape index (κ2) is 3.62. The van der Waals surface area contributed by atoms with Crippen molar-refractivity contribution < 1.29 is 0 Å². The number of likely N-dealkylation sites (tertiary alicyclic amines) is 1. The Bertz CT molecular complexity index is 355. The van der Waals surface area contributed by atoms with E-state index in [9.17, 15) is 0 Å². The zero-order chi connectivity index (χ0) is 10.3. The molecule has 1 saturated heterocycles. The van der Waals surface area contributed by atoms with Gasteiger partial charge in [-0.25, -0.2) is 0 Å². The first-order valence-electron chi connectivity index (χ1n) is 5.95. The van der Waals surface area contributed by atoms with Crippen LogP contribution in [0.5, 0.6) is 0 Å². The van der Waals surface area contributed by atoms with Gasteiger partial charge in [-0.2, -0.15) is 0 Å². The summed E-state index contributed by atoms with van der Waals surface area (Å²) in [7, 11) is 0. The van der Waals surface area contributed by atoms with E-state index in [0.717, 1.165) is 6.42 Å². The van der Waals surface area contributed by atoms with Gasteiger partial charge in [-0.15, -0.1) is 0 Å². The third-order valence-corrected chi connectivity index (χ3v) is 3.81. The van der Waals surface area contributed by atoms with E-state index in [1.165, 1.54) is 37.1 Å². The zero-order valence-corrected chi connectivity index (χ0v) is 9.02. The average Bonchev–Trinajstić information content (AvgIpc) is 2.87. The van der Waals surface area contributed by atoms with Crippen LogP contribution in [0.1, 0.15) is 42.5 Å². The van der Waals surface area contributed by atoms with Gasteiger partial charge in [0.1, 0.15) is 0 Å². The number of fused-ring (bicyclic) bond motifs is 1. The lowest BCUT2D eigenvalue weighted by Crippen LogP contribution is -2.24. The third-order valence-electron chi connectivity index (χ3n) is 3.81. The molecular formula is C13H18N2. The second-order valence-electron chi connectivity index (χ2n) is 4.73. The predicted octanol–water partition coefficient (Wildman–Crippen LogP) is 2.23. The molecule has 0 radical (unpaired) electrons. The molecule has 1 aromatic carbocycles. The summed E-state index contributed by atoms with van der Waals surface area (Å²) in [5.74, 6) is 0. The molecule has 1 fully saturated rings. The quantitative estimate of drug-likeness (QED) is 0.756. The maximum atomic E-state index is 6.18. The van der Waals surface area contributed by atoms with Gasteiger partial charge < -0.3 is 5.73 Å². The summed E-state index contributed by atoms with van der Waals surface area (Å²) in [5, 5.41) is 0. The van der Waals surface area contributed by atoms with Gasteiger partial charge in [0.25, 0.3) is 0 Å². The second-order valence-corrected chi connectivity index (χ2v) is 4.73. The Morgan fingerprint density at radius 3 is 2.47 bits per heavy atom. The molecule has 15 heavy (non-hydrogen) atoms. The van der Waals surface area contributed by atoms with Crippen molar-refractivity contribution >= 4 is 0 Å². The third kappa shape index (κ3) is 1.48. The highest BCUT2D eigenvalue weighted by molar-refractivity contribution is 5.37. The molecule has 1 heterocycles. The fourth-order valence-corrected chi connectivity index (χ4v) is 3.05. The van der Waals surface area contributed by atoms with Crippen LogP contribution >= 0.6 is 0 Å². The molecule has 2 nitrogen and oxygen atoms in total. The number of hydrogen-bond acceptors (Lipinski definition) is 2. The van der Waals surface area contributed by atoms with E-state index in [1.807, 2.05) is 0 Å². The summed E-state index contributed by atoms with van der Waals surface area (Å²) in [4.78, 5) is 2.60. The molecule has 2 atom stereocenters. The molecule has 1 aliphatic carbocycles. The molecule has 3 rings (SSSR count). The van der Waals surface area contributed by atoms with E-state index in [4.69, 9.17) is 5.73 Å². The van der Waals surface area contributed by atoms with E-state index >= 15 is 0 Å². The lowest BCUT2D eigenvalue weighted by molar-refractivity contribution is 0.238. The molecule has 2 N–H and O–H groups in total. The normalized spacial score (nSPS) is 30.7. The van der Waals surface area contributed by atoms with E-state index in [2.05, 4.69) is 29.2 Å². The summed E-state index contributed by atoms with van der Waals surface area (Å²) in [6.07, 6.45) is 3.82. The van der Waals surface area contributed by atoms with Crippen LogP contribution in [-0.4, -0.2) is 18.0 Å². The fraction of sp³-hybridized carbons (Fsp3) is 0.538.